The number of rotatable bonds is 11. The topological polar surface area (TPSA) is 29.5 Å². The summed E-state index contributed by atoms with van der Waals surface area (Å²) in [6, 6.07) is 4.27. The molecule has 0 heterocycles. The molecule has 1 aromatic rings. The van der Waals surface area contributed by atoms with Gasteiger partial charge in [-0.2, -0.15) is 0 Å². The number of phenols is 1. The van der Waals surface area contributed by atoms with E-state index >= 15 is 0 Å². The second-order valence-electron chi connectivity index (χ2n) is 5.21. The lowest BCUT2D eigenvalue weighted by atomic mass is 10.0. The van der Waals surface area contributed by atoms with Crippen molar-refractivity contribution in [2.24, 2.45) is 0 Å². The average Bonchev–Trinajstić information content (AvgIpc) is 2.51. The highest BCUT2D eigenvalue weighted by molar-refractivity contribution is 7.99. The maximum absolute atomic E-state index is 10.1. The fourth-order valence-electron chi connectivity index (χ4n) is 2.37. The van der Waals surface area contributed by atoms with Crippen molar-refractivity contribution in [1.29, 1.82) is 0 Å². The molecule has 0 aliphatic rings. The van der Waals surface area contributed by atoms with Crippen LogP contribution in [0.2, 0.25) is 0 Å². The smallest absolute Gasteiger partial charge is 0.142 e. The fourth-order valence-corrected chi connectivity index (χ4v) is 3.58. The lowest BCUT2D eigenvalue weighted by Crippen LogP contribution is -1.90. The molecule has 1 aromatic carbocycles. The van der Waals surface area contributed by atoms with Crippen molar-refractivity contribution in [3.05, 3.63) is 17.7 Å². The molecule has 0 fully saturated rings. The standard InChI is InChI=1S/C17H28O2S2/c1-19-11-9-7-5-4-6-8-10-14-12-15(20-2)17(18)16(13-14)21-3/h12-13,18H,4-11H2,1-3H3. The van der Waals surface area contributed by atoms with E-state index in [9.17, 15) is 5.11 Å². The summed E-state index contributed by atoms with van der Waals surface area (Å²) in [5.74, 6) is 0.442. The molecule has 0 aromatic heterocycles. The summed E-state index contributed by atoms with van der Waals surface area (Å²) >= 11 is 3.24. The molecule has 0 amide bonds. The molecule has 0 atom stereocenters. The molecule has 4 heteroatoms. The predicted molar refractivity (Wildman–Crippen MR) is 95.0 cm³/mol. The number of ether oxygens (including phenoxy) is 1. The Kier molecular flexibility index (Phi) is 10.1. The second-order valence-corrected chi connectivity index (χ2v) is 6.91. The van der Waals surface area contributed by atoms with Gasteiger partial charge in [-0.25, -0.2) is 0 Å². The molecule has 0 bridgehead atoms. The first-order chi connectivity index (χ1) is 10.2. The van der Waals surface area contributed by atoms with E-state index < -0.39 is 0 Å². The Morgan fingerprint density at radius 1 is 0.905 bits per heavy atom. The first-order valence-corrected chi connectivity index (χ1v) is 10.1. The monoisotopic (exact) mass is 328 g/mol. The first-order valence-electron chi connectivity index (χ1n) is 7.65. The maximum Gasteiger partial charge on any atom is 0.142 e. The van der Waals surface area contributed by atoms with Gasteiger partial charge in [0, 0.05) is 13.7 Å². The Labute approximate surface area is 138 Å². The largest absolute Gasteiger partial charge is 0.506 e. The highest BCUT2D eigenvalue weighted by Crippen LogP contribution is 2.36. The van der Waals surface area contributed by atoms with Crippen molar-refractivity contribution in [2.75, 3.05) is 26.2 Å². The fraction of sp³-hybridized carbons (Fsp3) is 0.647. The second kappa shape index (κ2) is 11.3. The highest BCUT2D eigenvalue weighted by atomic mass is 32.2. The Balaban J connectivity index is 2.32. The molecule has 120 valence electrons. The van der Waals surface area contributed by atoms with E-state index in [0.717, 1.165) is 22.8 Å². The predicted octanol–water partition coefficient (Wildman–Crippen LogP) is 5.37. The number of phenolic OH excluding ortho intramolecular Hbond substituents is 1. The van der Waals surface area contributed by atoms with Crippen LogP contribution < -0.4 is 0 Å². The van der Waals surface area contributed by atoms with Gasteiger partial charge in [-0.3, -0.25) is 0 Å². The van der Waals surface area contributed by atoms with Crippen LogP contribution in [0.5, 0.6) is 5.75 Å². The minimum Gasteiger partial charge on any atom is -0.506 e. The normalized spacial score (nSPS) is 11.0. The van der Waals surface area contributed by atoms with Crippen LogP contribution in [0.15, 0.2) is 21.9 Å². The van der Waals surface area contributed by atoms with Gasteiger partial charge in [0.15, 0.2) is 0 Å². The van der Waals surface area contributed by atoms with E-state index in [2.05, 4.69) is 12.1 Å². The molecular formula is C17H28O2S2. The van der Waals surface area contributed by atoms with Crippen LogP contribution in [0.25, 0.3) is 0 Å². The minimum absolute atomic E-state index is 0.442. The zero-order valence-corrected chi connectivity index (χ0v) is 15.1. The van der Waals surface area contributed by atoms with Gasteiger partial charge in [0.2, 0.25) is 0 Å². The van der Waals surface area contributed by atoms with Gasteiger partial charge in [-0.15, -0.1) is 23.5 Å². The highest BCUT2D eigenvalue weighted by Gasteiger charge is 2.08. The summed E-state index contributed by atoms with van der Waals surface area (Å²) in [7, 11) is 1.77. The van der Waals surface area contributed by atoms with Crippen molar-refractivity contribution in [2.45, 2.75) is 54.7 Å². The number of hydrogen-bond acceptors (Lipinski definition) is 4. The molecule has 0 saturated carbocycles. The quantitative estimate of drug-likeness (QED) is 0.437. The third-order valence-corrected chi connectivity index (χ3v) is 5.11. The van der Waals surface area contributed by atoms with Crippen molar-refractivity contribution in [3.63, 3.8) is 0 Å². The zero-order chi connectivity index (χ0) is 15.5. The van der Waals surface area contributed by atoms with Gasteiger partial charge in [0.25, 0.3) is 0 Å². The summed E-state index contributed by atoms with van der Waals surface area (Å²) in [6.45, 7) is 0.891. The Bertz CT molecular complexity index is 383. The van der Waals surface area contributed by atoms with Crippen molar-refractivity contribution >= 4 is 23.5 Å². The van der Waals surface area contributed by atoms with Crippen LogP contribution in [0, 0.1) is 0 Å². The Morgan fingerprint density at radius 2 is 1.43 bits per heavy atom. The first kappa shape index (κ1) is 18.7. The van der Waals surface area contributed by atoms with Crippen molar-refractivity contribution in [3.8, 4) is 5.75 Å². The average molecular weight is 329 g/mol. The molecule has 21 heavy (non-hydrogen) atoms. The zero-order valence-electron chi connectivity index (χ0n) is 13.5. The molecule has 0 saturated heterocycles. The van der Waals surface area contributed by atoms with Gasteiger partial charge in [0.05, 0.1) is 9.79 Å². The van der Waals surface area contributed by atoms with Crippen LogP contribution in [0.1, 0.15) is 44.1 Å². The minimum atomic E-state index is 0.442. The van der Waals surface area contributed by atoms with Crippen molar-refractivity contribution in [1.82, 2.24) is 0 Å². The van der Waals surface area contributed by atoms with Crippen LogP contribution in [-0.4, -0.2) is 31.3 Å². The summed E-state index contributed by atoms with van der Waals surface area (Å²) < 4.78 is 5.06. The molecule has 0 aliphatic carbocycles. The number of hydrogen-bond donors (Lipinski definition) is 1. The number of aryl methyl sites for hydroxylation is 1. The molecule has 0 spiro atoms. The third-order valence-electron chi connectivity index (χ3n) is 3.60. The van der Waals surface area contributed by atoms with E-state index in [1.165, 1.54) is 44.1 Å². The van der Waals surface area contributed by atoms with Crippen LogP contribution in [0.3, 0.4) is 0 Å². The van der Waals surface area contributed by atoms with Gasteiger partial charge in [-0.05, 0) is 49.5 Å². The lowest BCUT2D eigenvalue weighted by Gasteiger charge is -2.10. The van der Waals surface area contributed by atoms with Crippen LogP contribution >= 0.6 is 23.5 Å². The van der Waals surface area contributed by atoms with Gasteiger partial charge >= 0.3 is 0 Å². The van der Waals surface area contributed by atoms with E-state index in [0.29, 0.717) is 5.75 Å². The van der Waals surface area contributed by atoms with Crippen LogP contribution in [-0.2, 0) is 11.2 Å². The van der Waals surface area contributed by atoms with Crippen molar-refractivity contribution < 1.29 is 9.84 Å². The summed E-state index contributed by atoms with van der Waals surface area (Å²) in [4.78, 5) is 1.99. The molecule has 1 rings (SSSR count). The van der Waals surface area contributed by atoms with Gasteiger partial charge < -0.3 is 9.84 Å². The summed E-state index contributed by atoms with van der Waals surface area (Å²) in [5.41, 5.74) is 1.35. The van der Waals surface area contributed by atoms with Gasteiger partial charge in [0.1, 0.15) is 5.75 Å². The number of unbranched alkanes of at least 4 members (excludes halogenated alkanes) is 5. The molecule has 2 nitrogen and oxygen atoms in total. The molecule has 0 radical (unpaired) electrons. The lowest BCUT2D eigenvalue weighted by molar-refractivity contribution is 0.192. The molecule has 0 unspecified atom stereocenters. The van der Waals surface area contributed by atoms with E-state index in [1.807, 2.05) is 12.5 Å². The number of methoxy groups -OCH3 is 1. The SMILES string of the molecule is COCCCCCCCCc1cc(SC)c(O)c(SC)c1. The molecule has 1 N–H and O–H groups in total. The maximum atomic E-state index is 10.1. The summed E-state index contributed by atoms with van der Waals surface area (Å²) in [6.07, 6.45) is 12.7. The third kappa shape index (κ3) is 6.98. The molecular weight excluding hydrogens is 300 g/mol. The van der Waals surface area contributed by atoms with E-state index in [4.69, 9.17) is 4.74 Å². The van der Waals surface area contributed by atoms with E-state index in [-0.39, 0.29) is 0 Å². The number of benzene rings is 1. The summed E-state index contributed by atoms with van der Waals surface area (Å²) in [5, 5.41) is 10.1. The Morgan fingerprint density at radius 3 is 1.95 bits per heavy atom. The molecule has 0 aliphatic heterocycles. The van der Waals surface area contributed by atoms with Gasteiger partial charge in [-0.1, -0.05) is 25.7 Å². The number of thioether (sulfide) groups is 2. The number of aromatic hydroxyl groups is 1. The van der Waals surface area contributed by atoms with Crippen LogP contribution in [0.4, 0.5) is 0 Å². The Hall–Kier alpha value is -0.320. The van der Waals surface area contributed by atoms with E-state index in [1.54, 1.807) is 30.6 Å².